The molecule has 0 saturated carbocycles. The van der Waals surface area contributed by atoms with Crippen LogP contribution in [0.4, 0.5) is 5.69 Å². The Morgan fingerprint density at radius 3 is 2.66 bits per heavy atom. The number of likely N-dealkylation sites (tertiary alicyclic amines) is 1. The molecule has 4 heterocycles. The van der Waals surface area contributed by atoms with E-state index in [9.17, 15) is 9.59 Å². The minimum atomic E-state index is -0.262. The molecule has 0 aliphatic carbocycles. The zero-order chi connectivity index (χ0) is 28.9. The first-order valence-corrected chi connectivity index (χ1v) is 13.5. The van der Waals surface area contributed by atoms with Crippen molar-refractivity contribution < 1.29 is 23.5 Å². The van der Waals surface area contributed by atoms with Crippen LogP contribution in [0.3, 0.4) is 0 Å². The molecule has 6 rings (SSSR count). The average molecular weight is 554 g/mol. The minimum absolute atomic E-state index is 0.0291. The van der Waals surface area contributed by atoms with Crippen LogP contribution in [0.5, 0.6) is 11.5 Å². The number of methoxy groups -OCH3 is 2. The van der Waals surface area contributed by atoms with Crippen LogP contribution in [-0.2, 0) is 11.8 Å². The molecule has 2 unspecified atom stereocenters. The Bertz CT molecular complexity index is 1710. The smallest absolute Gasteiger partial charge is 0.272 e. The second kappa shape index (κ2) is 10.0. The maximum atomic E-state index is 13.4. The zero-order valence-electron chi connectivity index (χ0n) is 23.8. The molecule has 1 aromatic heterocycles. The standard InChI is InChI=1S/C31H32N6O4/c1-35-13-11-19(16-28(35)38)29-25-18-32-12-14-37(25,3)30(34-29)20-9-10-22(27(15-20)41-5)33-31(39)24-17-21-23(36(24)2)7-6-8-26(21)40-4/h6-10,12,14-15,17-19H,11,13,16H2,1-5H3/p+1. The topological polar surface area (TPSA) is 97.5 Å². The Hall–Kier alpha value is -4.70. The van der Waals surface area contributed by atoms with E-state index in [-0.39, 0.29) is 17.7 Å². The normalized spacial score (nSPS) is 21.8. The fourth-order valence-electron chi connectivity index (χ4n) is 5.91. The minimum Gasteiger partial charge on any atom is -0.496 e. The lowest BCUT2D eigenvalue weighted by atomic mass is 9.92. The number of carbonyl (C=O) groups excluding carboxylic acids is 2. The van der Waals surface area contributed by atoms with Crippen molar-refractivity contribution in [3.8, 4) is 11.5 Å². The lowest BCUT2D eigenvalue weighted by molar-refractivity contribution is -0.713. The van der Waals surface area contributed by atoms with Gasteiger partial charge in [-0.2, -0.15) is 4.99 Å². The number of allylic oxidation sites excluding steroid dienone is 2. The van der Waals surface area contributed by atoms with Crippen LogP contribution < -0.4 is 14.8 Å². The zero-order valence-corrected chi connectivity index (χ0v) is 23.8. The van der Waals surface area contributed by atoms with Crippen molar-refractivity contribution in [2.24, 2.45) is 23.0 Å². The molecule has 3 aliphatic heterocycles. The fourth-order valence-corrected chi connectivity index (χ4v) is 5.91. The van der Waals surface area contributed by atoms with Crippen molar-refractivity contribution >= 4 is 40.5 Å². The largest absolute Gasteiger partial charge is 0.496 e. The molecule has 3 aliphatic rings. The maximum absolute atomic E-state index is 13.4. The van der Waals surface area contributed by atoms with Crippen LogP contribution in [0.1, 0.15) is 28.9 Å². The fraction of sp³-hybridized carbons (Fsp3) is 0.290. The predicted molar refractivity (Wildman–Crippen MR) is 158 cm³/mol. The molecule has 0 radical (unpaired) electrons. The molecule has 1 fully saturated rings. The Morgan fingerprint density at radius 1 is 1.10 bits per heavy atom. The lowest BCUT2D eigenvalue weighted by Crippen LogP contribution is -2.43. The first-order valence-electron chi connectivity index (χ1n) is 13.5. The third kappa shape index (κ3) is 4.31. The van der Waals surface area contributed by atoms with Crippen molar-refractivity contribution in [2.75, 3.05) is 40.2 Å². The van der Waals surface area contributed by atoms with Gasteiger partial charge in [-0.15, -0.1) is 0 Å². The summed E-state index contributed by atoms with van der Waals surface area (Å²) in [5.41, 5.74) is 4.66. The van der Waals surface area contributed by atoms with Crippen molar-refractivity contribution in [3.05, 3.63) is 77.5 Å². The van der Waals surface area contributed by atoms with Gasteiger partial charge in [0.2, 0.25) is 11.7 Å². The Morgan fingerprint density at radius 2 is 1.90 bits per heavy atom. The molecule has 10 nitrogen and oxygen atoms in total. The summed E-state index contributed by atoms with van der Waals surface area (Å²) in [6.45, 7) is 0.702. The molecular weight excluding hydrogens is 520 g/mol. The highest BCUT2D eigenvalue weighted by atomic mass is 16.5. The van der Waals surface area contributed by atoms with Gasteiger partial charge in [-0.3, -0.25) is 14.6 Å². The molecule has 1 N–H and O–H groups in total. The van der Waals surface area contributed by atoms with Crippen LogP contribution in [-0.4, -0.2) is 72.7 Å². The van der Waals surface area contributed by atoms with Gasteiger partial charge in [-0.1, -0.05) is 6.07 Å². The number of piperidine rings is 1. The first kappa shape index (κ1) is 26.5. The van der Waals surface area contributed by atoms with E-state index in [0.717, 1.165) is 40.1 Å². The summed E-state index contributed by atoms with van der Waals surface area (Å²) >= 11 is 0. The van der Waals surface area contributed by atoms with E-state index in [1.54, 1.807) is 25.3 Å². The number of anilines is 1. The Balaban J connectivity index is 1.32. The second-order valence-corrected chi connectivity index (χ2v) is 10.7. The summed E-state index contributed by atoms with van der Waals surface area (Å²) in [7, 11) is 8.96. The monoisotopic (exact) mass is 553 g/mol. The number of fused-ring (bicyclic) bond motifs is 2. The second-order valence-electron chi connectivity index (χ2n) is 10.7. The predicted octanol–water partition coefficient (Wildman–Crippen LogP) is 4.29. The van der Waals surface area contributed by atoms with E-state index >= 15 is 0 Å². The number of rotatable bonds is 6. The van der Waals surface area contributed by atoms with E-state index in [4.69, 9.17) is 14.5 Å². The number of aromatic nitrogens is 1. The highest BCUT2D eigenvalue weighted by Crippen LogP contribution is 2.40. The molecule has 0 spiro atoms. The summed E-state index contributed by atoms with van der Waals surface area (Å²) in [5, 5.41) is 3.88. The molecule has 2 amide bonds. The number of hydrogen-bond donors (Lipinski definition) is 1. The van der Waals surface area contributed by atoms with Crippen molar-refractivity contribution in [1.29, 1.82) is 0 Å². The molecule has 1 saturated heterocycles. The number of nitrogens with zero attached hydrogens (tertiary/aromatic N) is 5. The number of aryl methyl sites for hydroxylation is 1. The molecule has 2 aromatic carbocycles. The van der Waals surface area contributed by atoms with E-state index < -0.39 is 0 Å². The van der Waals surface area contributed by atoms with Gasteiger partial charge in [0, 0.05) is 38.4 Å². The molecule has 10 heteroatoms. The average Bonchev–Trinajstić information content (AvgIpc) is 3.49. The first-order chi connectivity index (χ1) is 19.7. The summed E-state index contributed by atoms with van der Waals surface area (Å²) < 4.78 is 13.4. The molecule has 41 heavy (non-hydrogen) atoms. The molecule has 3 aromatic rings. The Labute approximate surface area is 238 Å². The molecule has 2 atom stereocenters. The van der Waals surface area contributed by atoms with E-state index in [2.05, 4.69) is 17.4 Å². The highest BCUT2D eigenvalue weighted by molar-refractivity contribution is 6.08. The summed E-state index contributed by atoms with van der Waals surface area (Å²) in [4.78, 5) is 37.2. The van der Waals surface area contributed by atoms with E-state index in [1.807, 2.05) is 73.5 Å². The van der Waals surface area contributed by atoms with Crippen molar-refractivity contribution in [2.45, 2.75) is 12.8 Å². The third-order valence-electron chi connectivity index (χ3n) is 8.33. The number of amides is 2. The van der Waals surface area contributed by atoms with Gasteiger partial charge in [0.05, 0.1) is 50.4 Å². The number of hydrogen-bond acceptors (Lipinski definition) is 6. The number of benzene rings is 2. The number of ether oxygens (including phenoxy) is 2. The van der Waals surface area contributed by atoms with Gasteiger partial charge >= 0.3 is 0 Å². The number of carbonyl (C=O) groups is 2. The van der Waals surface area contributed by atoms with Gasteiger partial charge in [-0.05, 0) is 42.8 Å². The van der Waals surface area contributed by atoms with Crippen LogP contribution in [0.15, 0.2) is 76.2 Å². The molecular formula is C31H33N6O4+. The van der Waals surface area contributed by atoms with Gasteiger partial charge in [0.1, 0.15) is 29.1 Å². The van der Waals surface area contributed by atoms with Gasteiger partial charge in [-0.25, -0.2) is 4.48 Å². The number of nitrogens with one attached hydrogen (secondary N) is 1. The number of amidine groups is 1. The number of aliphatic imine (C=N–C) groups is 2. The van der Waals surface area contributed by atoms with Crippen molar-refractivity contribution in [1.82, 2.24) is 9.47 Å². The van der Waals surface area contributed by atoms with Crippen LogP contribution in [0.25, 0.3) is 10.9 Å². The van der Waals surface area contributed by atoms with Crippen molar-refractivity contribution in [3.63, 3.8) is 0 Å². The summed E-state index contributed by atoms with van der Waals surface area (Å²) in [6.07, 6.45) is 6.89. The lowest BCUT2D eigenvalue weighted by Gasteiger charge is -2.30. The number of quaternary nitrogens is 1. The third-order valence-corrected chi connectivity index (χ3v) is 8.33. The van der Waals surface area contributed by atoms with Gasteiger partial charge in [0.15, 0.2) is 5.70 Å². The summed E-state index contributed by atoms with van der Waals surface area (Å²) in [6, 6.07) is 13.2. The summed E-state index contributed by atoms with van der Waals surface area (Å²) in [5.74, 6) is 1.92. The van der Waals surface area contributed by atoms with Crippen LogP contribution in [0, 0.1) is 5.92 Å². The van der Waals surface area contributed by atoms with E-state index in [0.29, 0.717) is 40.3 Å². The highest BCUT2D eigenvalue weighted by Gasteiger charge is 2.45. The SMILES string of the molecule is COc1cc(C2=NC(C3CCN(C)C(=O)C3)=C3C=NC=C[N+]23C)ccc1NC(=O)c1cc2c(OC)cccc2n1C. The van der Waals surface area contributed by atoms with Gasteiger partial charge in [0.25, 0.3) is 5.91 Å². The van der Waals surface area contributed by atoms with Gasteiger partial charge < -0.3 is 24.3 Å². The van der Waals surface area contributed by atoms with Crippen LogP contribution in [0.2, 0.25) is 0 Å². The Kier molecular flexibility index (Phi) is 6.50. The maximum Gasteiger partial charge on any atom is 0.272 e. The quantitative estimate of drug-likeness (QED) is 0.461. The molecule has 0 bridgehead atoms. The molecule has 210 valence electrons. The van der Waals surface area contributed by atoms with E-state index in [1.165, 1.54) is 0 Å². The van der Waals surface area contributed by atoms with Crippen LogP contribution >= 0.6 is 0 Å².